The van der Waals surface area contributed by atoms with E-state index in [0.717, 1.165) is 4.90 Å². The van der Waals surface area contributed by atoms with Gasteiger partial charge in [-0.3, -0.25) is 0 Å². The molecule has 0 aliphatic carbocycles. The van der Waals surface area contributed by atoms with E-state index in [1.54, 1.807) is 0 Å². The van der Waals surface area contributed by atoms with Crippen molar-refractivity contribution in [2.24, 2.45) is 0 Å². The number of nitrogens with zero attached hydrogens (tertiary/aromatic N) is 2. The molecule has 0 aromatic heterocycles. The van der Waals surface area contributed by atoms with Crippen molar-refractivity contribution >= 4 is 12.0 Å². The molecule has 0 aromatic carbocycles. The first kappa shape index (κ1) is 15.0. The second kappa shape index (κ2) is 6.53. The number of urea groups is 1. The van der Waals surface area contributed by atoms with Gasteiger partial charge in [0, 0.05) is 13.1 Å². The van der Waals surface area contributed by atoms with E-state index in [-0.39, 0.29) is 19.5 Å². The number of carbonyl (C=O) groups is 2. The van der Waals surface area contributed by atoms with Crippen molar-refractivity contribution < 1.29 is 14.7 Å². The van der Waals surface area contributed by atoms with E-state index in [9.17, 15) is 9.59 Å². The minimum atomic E-state index is -1.36. The molecule has 0 heterocycles. The molecule has 0 rings (SSSR count). The highest BCUT2D eigenvalue weighted by atomic mass is 16.4. The normalized spacial score (nSPS) is 10.2. The fraction of sp³-hybridized carbons (Fsp3) is 0.545. The largest absolute Gasteiger partial charge is 0.480 e. The van der Waals surface area contributed by atoms with Crippen LogP contribution in [0.25, 0.3) is 0 Å². The van der Waals surface area contributed by atoms with Crippen LogP contribution in [0.2, 0.25) is 0 Å². The standard InChI is InChI=1S/C11H17N3O3/c1-4-7-13-10(17)14(8-5-6-12)11(2,3)9(15)16/h4H,1,5,7-8H2,2-3H3,(H,13,17)(H,15,16). The quantitative estimate of drug-likeness (QED) is 0.675. The molecule has 0 aliphatic heterocycles. The molecule has 0 fully saturated rings. The van der Waals surface area contributed by atoms with E-state index in [1.807, 2.05) is 6.07 Å². The lowest BCUT2D eigenvalue weighted by Crippen LogP contribution is -2.56. The number of nitriles is 1. The molecule has 2 amide bonds. The molecular formula is C11H17N3O3. The zero-order valence-corrected chi connectivity index (χ0v) is 10.1. The molecule has 0 aromatic rings. The summed E-state index contributed by atoms with van der Waals surface area (Å²) in [5, 5.41) is 20.1. The fourth-order valence-corrected chi connectivity index (χ4v) is 1.17. The number of carboxylic acid groups (broad SMARTS) is 1. The highest BCUT2D eigenvalue weighted by molar-refractivity contribution is 5.85. The van der Waals surface area contributed by atoms with Crippen LogP contribution < -0.4 is 5.32 Å². The fourth-order valence-electron chi connectivity index (χ4n) is 1.17. The molecule has 0 saturated carbocycles. The molecule has 2 N–H and O–H groups in total. The maximum absolute atomic E-state index is 11.8. The van der Waals surface area contributed by atoms with Gasteiger partial charge in [0.15, 0.2) is 0 Å². The molecule has 6 heteroatoms. The number of amides is 2. The van der Waals surface area contributed by atoms with Gasteiger partial charge < -0.3 is 15.3 Å². The molecule has 0 spiro atoms. The summed E-state index contributed by atoms with van der Waals surface area (Å²) in [4.78, 5) is 24.0. The Bertz CT molecular complexity index is 344. The third-order valence-corrected chi connectivity index (χ3v) is 2.29. The van der Waals surface area contributed by atoms with Gasteiger partial charge in [-0.25, -0.2) is 9.59 Å². The van der Waals surface area contributed by atoms with Gasteiger partial charge in [-0.15, -0.1) is 6.58 Å². The van der Waals surface area contributed by atoms with Crippen molar-refractivity contribution in [2.75, 3.05) is 13.1 Å². The SMILES string of the molecule is C=CCNC(=O)N(CCC#N)C(C)(C)C(=O)O. The summed E-state index contributed by atoms with van der Waals surface area (Å²) >= 11 is 0. The number of aliphatic carboxylic acids is 1. The minimum Gasteiger partial charge on any atom is -0.480 e. The molecular weight excluding hydrogens is 222 g/mol. The average Bonchev–Trinajstić information content (AvgIpc) is 2.26. The predicted molar refractivity (Wildman–Crippen MR) is 62.2 cm³/mol. The number of hydrogen-bond donors (Lipinski definition) is 2. The topological polar surface area (TPSA) is 93.4 Å². The van der Waals surface area contributed by atoms with Crippen LogP contribution in [0, 0.1) is 11.3 Å². The molecule has 0 radical (unpaired) electrons. The monoisotopic (exact) mass is 239 g/mol. The highest BCUT2D eigenvalue weighted by Gasteiger charge is 2.37. The van der Waals surface area contributed by atoms with Crippen LogP contribution in [-0.2, 0) is 4.79 Å². The van der Waals surface area contributed by atoms with Crippen LogP contribution in [0.3, 0.4) is 0 Å². The molecule has 6 nitrogen and oxygen atoms in total. The van der Waals surface area contributed by atoms with Crippen molar-refractivity contribution in [3.8, 4) is 6.07 Å². The summed E-state index contributed by atoms with van der Waals surface area (Å²) in [6, 6.07) is 1.36. The number of rotatable bonds is 6. The third kappa shape index (κ3) is 4.15. The first-order chi connectivity index (χ1) is 7.87. The number of hydrogen-bond acceptors (Lipinski definition) is 3. The number of carboxylic acids is 1. The molecule has 0 aliphatic rings. The smallest absolute Gasteiger partial charge is 0.329 e. The summed E-state index contributed by atoms with van der Waals surface area (Å²) in [7, 11) is 0. The van der Waals surface area contributed by atoms with E-state index in [4.69, 9.17) is 10.4 Å². The Kier molecular flexibility index (Phi) is 5.75. The van der Waals surface area contributed by atoms with Crippen molar-refractivity contribution in [1.29, 1.82) is 5.26 Å². The summed E-state index contributed by atoms with van der Waals surface area (Å²) in [5.74, 6) is -1.12. The van der Waals surface area contributed by atoms with Gasteiger partial charge in [0.05, 0.1) is 12.5 Å². The third-order valence-electron chi connectivity index (χ3n) is 2.29. The summed E-state index contributed by atoms with van der Waals surface area (Å²) in [5.41, 5.74) is -1.36. The molecule has 0 unspecified atom stereocenters. The molecule has 94 valence electrons. The van der Waals surface area contributed by atoms with Crippen LogP contribution in [0.5, 0.6) is 0 Å². The van der Waals surface area contributed by atoms with Crippen LogP contribution in [-0.4, -0.2) is 40.6 Å². The van der Waals surface area contributed by atoms with Crippen molar-refractivity contribution in [2.45, 2.75) is 25.8 Å². The van der Waals surface area contributed by atoms with Gasteiger partial charge in [-0.2, -0.15) is 5.26 Å². The van der Waals surface area contributed by atoms with Crippen LogP contribution in [0.4, 0.5) is 4.79 Å². The molecule has 0 saturated heterocycles. The van der Waals surface area contributed by atoms with Crippen LogP contribution in [0.1, 0.15) is 20.3 Å². The zero-order valence-electron chi connectivity index (χ0n) is 10.1. The summed E-state index contributed by atoms with van der Waals surface area (Å²) in [6.07, 6.45) is 1.58. The maximum Gasteiger partial charge on any atom is 0.329 e. The lowest BCUT2D eigenvalue weighted by Gasteiger charge is -2.34. The Labute approximate surface area is 101 Å². The Morgan fingerprint density at radius 3 is 2.59 bits per heavy atom. The second-order valence-electron chi connectivity index (χ2n) is 3.90. The van der Waals surface area contributed by atoms with E-state index in [1.165, 1.54) is 19.9 Å². The average molecular weight is 239 g/mol. The molecule has 0 atom stereocenters. The Hall–Kier alpha value is -2.03. The Morgan fingerprint density at radius 1 is 1.59 bits per heavy atom. The first-order valence-corrected chi connectivity index (χ1v) is 5.14. The van der Waals surface area contributed by atoms with E-state index < -0.39 is 17.5 Å². The molecule has 17 heavy (non-hydrogen) atoms. The maximum atomic E-state index is 11.8. The van der Waals surface area contributed by atoms with E-state index >= 15 is 0 Å². The van der Waals surface area contributed by atoms with Gasteiger partial charge in [-0.1, -0.05) is 6.08 Å². The Balaban J connectivity index is 4.87. The second-order valence-corrected chi connectivity index (χ2v) is 3.90. The van der Waals surface area contributed by atoms with Crippen molar-refractivity contribution in [3.63, 3.8) is 0 Å². The number of nitrogens with one attached hydrogen (secondary N) is 1. The minimum absolute atomic E-state index is 0.0682. The Morgan fingerprint density at radius 2 is 2.18 bits per heavy atom. The van der Waals surface area contributed by atoms with Crippen molar-refractivity contribution in [3.05, 3.63) is 12.7 Å². The van der Waals surface area contributed by atoms with Gasteiger partial charge >= 0.3 is 12.0 Å². The van der Waals surface area contributed by atoms with Crippen LogP contribution in [0.15, 0.2) is 12.7 Å². The van der Waals surface area contributed by atoms with E-state index in [0.29, 0.717) is 0 Å². The van der Waals surface area contributed by atoms with Gasteiger partial charge in [-0.05, 0) is 13.8 Å². The lowest BCUT2D eigenvalue weighted by atomic mass is 10.0. The highest BCUT2D eigenvalue weighted by Crippen LogP contribution is 2.15. The van der Waals surface area contributed by atoms with Gasteiger partial charge in [0.1, 0.15) is 5.54 Å². The summed E-state index contributed by atoms with van der Waals surface area (Å²) < 4.78 is 0. The van der Waals surface area contributed by atoms with Crippen molar-refractivity contribution in [1.82, 2.24) is 10.2 Å². The van der Waals surface area contributed by atoms with E-state index in [2.05, 4.69) is 11.9 Å². The van der Waals surface area contributed by atoms with Crippen LogP contribution >= 0.6 is 0 Å². The predicted octanol–water partition coefficient (Wildman–Crippen LogP) is 0.961. The number of carbonyl (C=O) groups excluding carboxylic acids is 1. The first-order valence-electron chi connectivity index (χ1n) is 5.14. The van der Waals surface area contributed by atoms with Gasteiger partial charge in [0.25, 0.3) is 0 Å². The molecule has 0 bridgehead atoms. The summed E-state index contributed by atoms with van der Waals surface area (Å²) in [6.45, 7) is 6.60. The van der Waals surface area contributed by atoms with Gasteiger partial charge in [0.2, 0.25) is 0 Å². The lowest BCUT2D eigenvalue weighted by molar-refractivity contribution is -0.147. The zero-order chi connectivity index (χ0) is 13.5.